The number of hydrogen-bond acceptors (Lipinski definition) is 5. The van der Waals surface area contributed by atoms with Crippen LogP contribution in [0.4, 0.5) is 5.95 Å². The van der Waals surface area contributed by atoms with E-state index in [1.165, 1.54) is 23.2 Å². The largest absolute Gasteiger partial charge is 0.434 e. The number of aliphatic hydroxyl groups is 1. The minimum atomic E-state index is -0.850. The van der Waals surface area contributed by atoms with Crippen molar-refractivity contribution < 1.29 is 10.0 Å². The van der Waals surface area contributed by atoms with Gasteiger partial charge in [-0.2, -0.15) is 0 Å². The number of nitrogens with zero attached hydrogens (tertiary/aromatic N) is 4. The van der Waals surface area contributed by atoms with Crippen molar-refractivity contribution in [3.8, 4) is 0 Å². The van der Waals surface area contributed by atoms with Crippen LogP contribution in [0, 0.1) is 10.1 Å². The summed E-state index contributed by atoms with van der Waals surface area (Å²) in [6, 6.07) is 3.40. The van der Waals surface area contributed by atoms with Gasteiger partial charge in [0.05, 0.1) is 0 Å². The molecule has 0 saturated heterocycles. The second-order valence-corrected chi connectivity index (χ2v) is 3.44. The van der Waals surface area contributed by atoms with Gasteiger partial charge in [-0.25, -0.2) is 4.57 Å². The Balaban J connectivity index is 2.16. The smallest absolute Gasteiger partial charge is 0.390 e. The fourth-order valence-electron chi connectivity index (χ4n) is 1.48. The van der Waals surface area contributed by atoms with E-state index in [2.05, 4.69) is 9.97 Å². The van der Waals surface area contributed by atoms with E-state index in [1.54, 1.807) is 18.3 Å². The molecule has 0 bridgehead atoms. The van der Waals surface area contributed by atoms with Gasteiger partial charge in [0.1, 0.15) is 25.0 Å². The van der Waals surface area contributed by atoms with Crippen LogP contribution in [-0.4, -0.2) is 24.6 Å². The van der Waals surface area contributed by atoms with Crippen molar-refractivity contribution in [1.29, 1.82) is 0 Å². The van der Waals surface area contributed by atoms with E-state index < -0.39 is 11.0 Å². The maximum atomic E-state index is 10.6. The van der Waals surface area contributed by atoms with Crippen LogP contribution >= 0.6 is 0 Å². The Morgan fingerprint density at radius 3 is 3.00 bits per heavy atom. The molecule has 0 radical (unpaired) electrons. The fraction of sp³-hybridized carbons (Fsp3) is 0.200. The first-order valence-corrected chi connectivity index (χ1v) is 4.92. The third-order valence-electron chi connectivity index (χ3n) is 2.30. The molecular formula is C10H10N4O3. The average molecular weight is 234 g/mol. The molecule has 0 spiro atoms. The Morgan fingerprint density at radius 1 is 1.53 bits per heavy atom. The van der Waals surface area contributed by atoms with Crippen molar-refractivity contribution in [2.45, 2.75) is 12.6 Å². The van der Waals surface area contributed by atoms with E-state index >= 15 is 0 Å². The molecule has 0 unspecified atom stereocenters. The molecule has 17 heavy (non-hydrogen) atoms. The molecule has 0 fully saturated rings. The Morgan fingerprint density at radius 2 is 2.35 bits per heavy atom. The number of rotatable bonds is 4. The molecule has 0 aliphatic carbocycles. The van der Waals surface area contributed by atoms with Crippen molar-refractivity contribution in [3.63, 3.8) is 0 Å². The lowest BCUT2D eigenvalue weighted by molar-refractivity contribution is -0.397. The summed E-state index contributed by atoms with van der Waals surface area (Å²) >= 11 is 0. The van der Waals surface area contributed by atoms with Crippen molar-refractivity contribution in [3.05, 3.63) is 52.6 Å². The number of aliphatic hydroxyl groups excluding tert-OH is 1. The molecule has 0 aliphatic rings. The molecule has 2 aromatic rings. The van der Waals surface area contributed by atoms with Crippen LogP contribution in [0.5, 0.6) is 0 Å². The first-order valence-electron chi connectivity index (χ1n) is 4.92. The van der Waals surface area contributed by atoms with Gasteiger partial charge in [0.25, 0.3) is 0 Å². The molecule has 7 heteroatoms. The number of imidazole rings is 1. The molecule has 2 heterocycles. The number of hydrogen-bond donors (Lipinski definition) is 1. The zero-order chi connectivity index (χ0) is 12.3. The number of nitro groups is 1. The van der Waals surface area contributed by atoms with Gasteiger partial charge in [0.15, 0.2) is 0 Å². The summed E-state index contributed by atoms with van der Waals surface area (Å²) in [5.41, 5.74) is 0.607. The van der Waals surface area contributed by atoms with Crippen LogP contribution in [-0.2, 0) is 6.54 Å². The predicted molar refractivity (Wildman–Crippen MR) is 58.1 cm³/mol. The monoisotopic (exact) mass is 234 g/mol. The maximum absolute atomic E-state index is 10.6. The van der Waals surface area contributed by atoms with Crippen LogP contribution in [0.15, 0.2) is 36.9 Å². The highest BCUT2D eigenvalue weighted by Gasteiger charge is 2.18. The van der Waals surface area contributed by atoms with Crippen molar-refractivity contribution >= 4 is 5.95 Å². The zero-order valence-electron chi connectivity index (χ0n) is 8.80. The van der Waals surface area contributed by atoms with E-state index in [1.807, 2.05) is 0 Å². The number of pyridine rings is 1. The predicted octanol–water partition coefficient (Wildman–Crippen LogP) is 0.920. The van der Waals surface area contributed by atoms with E-state index in [0.717, 1.165) is 0 Å². The van der Waals surface area contributed by atoms with Crippen LogP contribution in [0.3, 0.4) is 0 Å². The summed E-state index contributed by atoms with van der Waals surface area (Å²) in [5, 5.41) is 20.5. The average Bonchev–Trinajstić information content (AvgIpc) is 2.78. The Labute approximate surface area is 96.5 Å². The summed E-state index contributed by atoms with van der Waals surface area (Å²) in [4.78, 5) is 17.5. The highest BCUT2D eigenvalue weighted by atomic mass is 16.6. The third kappa shape index (κ3) is 2.45. The van der Waals surface area contributed by atoms with Gasteiger partial charge in [0, 0.05) is 18.0 Å². The van der Waals surface area contributed by atoms with E-state index in [0.29, 0.717) is 5.56 Å². The summed E-state index contributed by atoms with van der Waals surface area (Å²) in [6.07, 6.45) is 5.05. The van der Waals surface area contributed by atoms with Gasteiger partial charge in [0.2, 0.25) is 0 Å². The third-order valence-corrected chi connectivity index (χ3v) is 2.30. The second-order valence-electron chi connectivity index (χ2n) is 3.44. The van der Waals surface area contributed by atoms with Gasteiger partial charge < -0.3 is 15.2 Å². The van der Waals surface area contributed by atoms with Gasteiger partial charge in [-0.15, -0.1) is 0 Å². The first-order chi connectivity index (χ1) is 8.18. The summed E-state index contributed by atoms with van der Waals surface area (Å²) in [5.74, 6) is -0.284. The molecular weight excluding hydrogens is 224 g/mol. The Bertz CT molecular complexity index is 511. The highest BCUT2D eigenvalue weighted by Crippen LogP contribution is 2.16. The minimum Gasteiger partial charge on any atom is -0.390 e. The van der Waals surface area contributed by atoms with Gasteiger partial charge >= 0.3 is 5.95 Å². The van der Waals surface area contributed by atoms with E-state index in [-0.39, 0.29) is 12.5 Å². The molecule has 7 nitrogen and oxygen atoms in total. The van der Waals surface area contributed by atoms with Crippen LogP contribution in [0.1, 0.15) is 11.7 Å². The Hall–Kier alpha value is -2.28. The van der Waals surface area contributed by atoms with Crippen molar-refractivity contribution in [2.24, 2.45) is 0 Å². The summed E-state index contributed by atoms with van der Waals surface area (Å²) in [6.45, 7) is 0.0714. The highest BCUT2D eigenvalue weighted by molar-refractivity contribution is 5.13. The van der Waals surface area contributed by atoms with Crippen LogP contribution in [0.2, 0.25) is 0 Å². The molecule has 0 saturated carbocycles. The SMILES string of the molecule is O=[N+]([O-])c1nccn1C[C@H](O)c1cccnc1. The summed E-state index contributed by atoms with van der Waals surface area (Å²) in [7, 11) is 0. The van der Waals surface area contributed by atoms with Gasteiger partial charge in [-0.05, 0) is 11.0 Å². The lowest BCUT2D eigenvalue weighted by Gasteiger charge is -2.09. The topological polar surface area (TPSA) is 94.1 Å². The van der Waals surface area contributed by atoms with E-state index in [9.17, 15) is 15.2 Å². The molecule has 88 valence electrons. The standard InChI is InChI=1S/C10H10N4O3/c15-9(8-2-1-3-11-6-8)7-13-5-4-12-10(13)14(16)17/h1-6,9,15H,7H2/t9-/m0/s1. The van der Waals surface area contributed by atoms with E-state index in [4.69, 9.17) is 0 Å². The van der Waals surface area contributed by atoms with Crippen LogP contribution in [0.25, 0.3) is 0 Å². The molecule has 2 rings (SSSR count). The lowest BCUT2D eigenvalue weighted by Crippen LogP contribution is -2.10. The lowest BCUT2D eigenvalue weighted by atomic mass is 10.1. The zero-order valence-corrected chi connectivity index (χ0v) is 8.80. The molecule has 0 aliphatic heterocycles. The summed E-state index contributed by atoms with van der Waals surface area (Å²) < 4.78 is 1.29. The van der Waals surface area contributed by atoms with Crippen molar-refractivity contribution in [2.75, 3.05) is 0 Å². The second kappa shape index (κ2) is 4.71. The minimum absolute atomic E-state index is 0.0714. The first kappa shape index (κ1) is 11.2. The molecule has 0 amide bonds. The van der Waals surface area contributed by atoms with Crippen molar-refractivity contribution in [1.82, 2.24) is 14.5 Å². The number of aromatic nitrogens is 3. The maximum Gasteiger partial charge on any atom is 0.434 e. The fourth-order valence-corrected chi connectivity index (χ4v) is 1.48. The molecule has 1 N–H and O–H groups in total. The normalized spacial score (nSPS) is 12.3. The van der Waals surface area contributed by atoms with Gasteiger partial charge in [-0.1, -0.05) is 11.1 Å². The quantitative estimate of drug-likeness (QED) is 0.627. The van der Waals surface area contributed by atoms with Crippen LogP contribution < -0.4 is 0 Å². The molecule has 0 aromatic carbocycles. The molecule has 1 atom stereocenters. The Kier molecular flexibility index (Phi) is 3.10. The van der Waals surface area contributed by atoms with Gasteiger partial charge in [-0.3, -0.25) is 4.98 Å². The molecule has 2 aromatic heterocycles.